The maximum absolute atomic E-state index is 11.9. The van der Waals surface area contributed by atoms with Crippen molar-refractivity contribution in [3.63, 3.8) is 0 Å². The fourth-order valence-electron chi connectivity index (χ4n) is 2.45. The molecule has 1 fully saturated rings. The fourth-order valence-corrected chi connectivity index (χ4v) is 2.45. The molecule has 1 unspecified atom stereocenters. The molecule has 116 valence electrons. The Balaban J connectivity index is 1.87. The van der Waals surface area contributed by atoms with Crippen molar-refractivity contribution in [1.82, 2.24) is 15.5 Å². The summed E-state index contributed by atoms with van der Waals surface area (Å²) in [5, 5.41) is 5.95. The van der Waals surface area contributed by atoms with Crippen LogP contribution in [0.1, 0.15) is 0 Å². The number of piperazine rings is 1. The van der Waals surface area contributed by atoms with Crippen molar-refractivity contribution in [3.05, 3.63) is 24.3 Å². The van der Waals surface area contributed by atoms with Gasteiger partial charge in [0.15, 0.2) is 11.5 Å². The van der Waals surface area contributed by atoms with E-state index in [1.165, 1.54) is 0 Å². The molecule has 1 heterocycles. The van der Waals surface area contributed by atoms with Gasteiger partial charge in [0, 0.05) is 33.2 Å². The third-order valence-corrected chi connectivity index (χ3v) is 3.61. The van der Waals surface area contributed by atoms with Crippen LogP contribution in [0.2, 0.25) is 0 Å². The van der Waals surface area contributed by atoms with E-state index in [1.807, 2.05) is 24.3 Å². The normalized spacial score (nSPS) is 19.0. The summed E-state index contributed by atoms with van der Waals surface area (Å²) in [6.45, 7) is 3.63. The molecule has 1 saturated heterocycles. The summed E-state index contributed by atoms with van der Waals surface area (Å²) in [5.74, 6) is 1.49. The summed E-state index contributed by atoms with van der Waals surface area (Å²) >= 11 is 0. The Bertz CT molecular complexity index is 467. The molecular weight excluding hydrogens is 270 g/mol. The maximum atomic E-state index is 11.9. The van der Waals surface area contributed by atoms with Crippen LogP contribution >= 0.6 is 0 Å². The second-order valence-electron chi connectivity index (χ2n) is 4.87. The number of nitrogens with zero attached hydrogens (tertiary/aromatic N) is 1. The van der Waals surface area contributed by atoms with Gasteiger partial charge in [-0.25, -0.2) is 0 Å². The van der Waals surface area contributed by atoms with Gasteiger partial charge in [-0.2, -0.15) is 0 Å². The highest BCUT2D eigenvalue weighted by molar-refractivity contribution is 5.81. The highest BCUT2D eigenvalue weighted by atomic mass is 16.5. The third-order valence-electron chi connectivity index (χ3n) is 3.61. The lowest BCUT2D eigenvalue weighted by Gasteiger charge is -2.34. The number of benzene rings is 1. The van der Waals surface area contributed by atoms with Crippen LogP contribution in [0.15, 0.2) is 24.3 Å². The van der Waals surface area contributed by atoms with Gasteiger partial charge >= 0.3 is 0 Å². The Morgan fingerprint density at radius 2 is 2.19 bits per heavy atom. The SMILES string of the molecule is CNC(=O)C1CNCCN1CCOc1ccccc1OC. The van der Waals surface area contributed by atoms with Gasteiger partial charge in [0.2, 0.25) is 5.91 Å². The average Bonchev–Trinajstić information content (AvgIpc) is 2.55. The second kappa shape index (κ2) is 7.85. The van der Waals surface area contributed by atoms with Crippen molar-refractivity contribution >= 4 is 5.91 Å². The predicted octanol–water partition coefficient (Wildman–Crippen LogP) is 0.0938. The fraction of sp³-hybridized carbons (Fsp3) is 0.533. The van der Waals surface area contributed by atoms with Crippen LogP contribution in [0, 0.1) is 0 Å². The number of amides is 1. The van der Waals surface area contributed by atoms with Crippen LogP contribution in [0.3, 0.4) is 0 Å². The molecule has 1 amide bonds. The largest absolute Gasteiger partial charge is 0.493 e. The molecule has 2 N–H and O–H groups in total. The summed E-state index contributed by atoms with van der Waals surface area (Å²) in [6, 6.07) is 7.44. The minimum atomic E-state index is -0.134. The lowest BCUT2D eigenvalue weighted by molar-refractivity contribution is -0.126. The van der Waals surface area contributed by atoms with E-state index in [0.29, 0.717) is 19.7 Å². The Labute approximate surface area is 125 Å². The lowest BCUT2D eigenvalue weighted by atomic mass is 10.2. The minimum Gasteiger partial charge on any atom is -0.493 e. The molecule has 0 saturated carbocycles. The van der Waals surface area contributed by atoms with Crippen molar-refractivity contribution in [2.75, 3.05) is 46.9 Å². The van der Waals surface area contributed by atoms with E-state index >= 15 is 0 Å². The van der Waals surface area contributed by atoms with E-state index in [1.54, 1.807) is 14.2 Å². The summed E-state index contributed by atoms with van der Waals surface area (Å²) in [4.78, 5) is 14.0. The number of hydrogen-bond acceptors (Lipinski definition) is 5. The summed E-state index contributed by atoms with van der Waals surface area (Å²) in [5.41, 5.74) is 0. The first-order chi connectivity index (χ1) is 10.3. The minimum absolute atomic E-state index is 0.0412. The topological polar surface area (TPSA) is 62.8 Å². The van der Waals surface area contributed by atoms with Crippen LogP contribution in [-0.4, -0.2) is 63.8 Å². The highest BCUT2D eigenvalue weighted by Crippen LogP contribution is 2.25. The van der Waals surface area contributed by atoms with Gasteiger partial charge in [0.05, 0.1) is 7.11 Å². The number of carbonyl (C=O) groups excluding carboxylic acids is 1. The lowest BCUT2D eigenvalue weighted by Crippen LogP contribution is -2.58. The molecule has 2 rings (SSSR count). The molecule has 1 atom stereocenters. The molecule has 1 aromatic rings. The number of nitrogens with one attached hydrogen (secondary N) is 2. The highest BCUT2D eigenvalue weighted by Gasteiger charge is 2.27. The van der Waals surface area contributed by atoms with Crippen LogP contribution in [0.25, 0.3) is 0 Å². The Hall–Kier alpha value is -1.79. The van der Waals surface area contributed by atoms with Gasteiger partial charge in [-0.3, -0.25) is 9.69 Å². The number of carbonyl (C=O) groups is 1. The van der Waals surface area contributed by atoms with Crippen molar-refractivity contribution in [1.29, 1.82) is 0 Å². The molecular formula is C15H23N3O3. The predicted molar refractivity (Wildman–Crippen MR) is 80.8 cm³/mol. The van der Waals surface area contributed by atoms with E-state index in [4.69, 9.17) is 9.47 Å². The second-order valence-corrected chi connectivity index (χ2v) is 4.87. The first kappa shape index (κ1) is 15.6. The van der Waals surface area contributed by atoms with Crippen molar-refractivity contribution < 1.29 is 14.3 Å². The third kappa shape index (κ3) is 4.09. The molecule has 1 aromatic carbocycles. The van der Waals surface area contributed by atoms with Gasteiger partial charge in [-0.05, 0) is 12.1 Å². The molecule has 0 spiro atoms. The average molecular weight is 293 g/mol. The standard InChI is InChI=1S/C15H23N3O3/c1-16-15(19)12-11-17-7-8-18(12)9-10-21-14-6-4-3-5-13(14)20-2/h3-6,12,17H,7-11H2,1-2H3,(H,16,19). The molecule has 6 nitrogen and oxygen atoms in total. The zero-order valence-corrected chi connectivity index (χ0v) is 12.6. The number of hydrogen-bond donors (Lipinski definition) is 2. The quantitative estimate of drug-likeness (QED) is 0.778. The summed E-state index contributed by atoms with van der Waals surface area (Å²) in [7, 11) is 3.29. The molecule has 0 aromatic heterocycles. The van der Waals surface area contributed by atoms with Crippen LogP contribution in [0.4, 0.5) is 0 Å². The zero-order chi connectivity index (χ0) is 15.1. The Morgan fingerprint density at radius 3 is 2.90 bits per heavy atom. The molecule has 1 aliphatic heterocycles. The number of methoxy groups -OCH3 is 1. The number of rotatable bonds is 6. The molecule has 6 heteroatoms. The van der Waals surface area contributed by atoms with Crippen LogP contribution in [0.5, 0.6) is 11.5 Å². The molecule has 21 heavy (non-hydrogen) atoms. The van der Waals surface area contributed by atoms with E-state index in [0.717, 1.165) is 24.6 Å². The zero-order valence-electron chi connectivity index (χ0n) is 12.6. The molecule has 0 bridgehead atoms. The molecule has 1 aliphatic rings. The smallest absolute Gasteiger partial charge is 0.238 e. The summed E-state index contributed by atoms with van der Waals surface area (Å²) < 4.78 is 11.0. The van der Waals surface area contributed by atoms with Crippen molar-refractivity contribution in [2.45, 2.75) is 6.04 Å². The summed E-state index contributed by atoms with van der Waals surface area (Å²) in [6.07, 6.45) is 0. The van der Waals surface area contributed by atoms with E-state index < -0.39 is 0 Å². The van der Waals surface area contributed by atoms with Gasteiger partial charge < -0.3 is 20.1 Å². The molecule has 0 radical (unpaired) electrons. The monoisotopic (exact) mass is 293 g/mol. The number of ether oxygens (including phenoxy) is 2. The van der Waals surface area contributed by atoms with Crippen molar-refractivity contribution in [2.24, 2.45) is 0 Å². The van der Waals surface area contributed by atoms with Crippen molar-refractivity contribution in [3.8, 4) is 11.5 Å². The van der Waals surface area contributed by atoms with Crippen LogP contribution in [-0.2, 0) is 4.79 Å². The van der Waals surface area contributed by atoms with Gasteiger partial charge in [-0.15, -0.1) is 0 Å². The van der Waals surface area contributed by atoms with Gasteiger partial charge in [0.25, 0.3) is 0 Å². The number of likely N-dealkylation sites (N-methyl/N-ethyl adjacent to an activating group) is 1. The molecule has 0 aliphatic carbocycles. The first-order valence-corrected chi connectivity index (χ1v) is 7.18. The Kier molecular flexibility index (Phi) is 5.83. The van der Waals surface area contributed by atoms with E-state index in [2.05, 4.69) is 15.5 Å². The van der Waals surface area contributed by atoms with Gasteiger partial charge in [0.1, 0.15) is 12.6 Å². The van der Waals surface area contributed by atoms with E-state index in [9.17, 15) is 4.79 Å². The van der Waals surface area contributed by atoms with Gasteiger partial charge in [-0.1, -0.05) is 12.1 Å². The Morgan fingerprint density at radius 1 is 1.43 bits per heavy atom. The first-order valence-electron chi connectivity index (χ1n) is 7.18. The maximum Gasteiger partial charge on any atom is 0.238 e. The van der Waals surface area contributed by atoms with E-state index in [-0.39, 0.29) is 11.9 Å². The number of para-hydroxylation sites is 2. The van der Waals surface area contributed by atoms with Crippen LogP contribution < -0.4 is 20.1 Å².